The third-order valence-corrected chi connectivity index (χ3v) is 12.4. The summed E-state index contributed by atoms with van der Waals surface area (Å²) in [6.07, 6.45) is 0. The number of anilines is 3. The van der Waals surface area contributed by atoms with Crippen LogP contribution in [0.1, 0.15) is 0 Å². The van der Waals surface area contributed by atoms with E-state index in [1.54, 1.807) is 0 Å². The van der Waals surface area contributed by atoms with Crippen molar-refractivity contribution in [3.63, 3.8) is 0 Å². The largest absolute Gasteiger partial charge is 0.455 e. The zero-order valence-electron chi connectivity index (χ0n) is 33.9. The van der Waals surface area contributed by atoms with Crippen LogP contribution in [0.3, 0.4) is 0 Å². The molecule has 1 aromatic heterocycles. The van der Waals surface area contributed by atoms with E-state index in [-0.39, 0.29) is 0 Å². The first-order valence-corrected chi connectivity index (χ1v) is 21.2. The van der Waals surface area contributed by atoms with Crippen molar-refractivity contribution in [2.75, 3.05) is 4.90 Å². The standard InChI is InChI=1S/C60H39NO/c1-3-17-41(18-4-1)58-54-28-10-9-26-51(54)52-35-34-49(39-56(52)59(58)42-19-5-2-6-20-42)61(47-24-13-22-44(37-47)45-33-32-40-16-7-8-21-43(40)36-45)48-25-14-23-46(38-48)50-29-15-30-55-53-27-11-12-31-57(53)62-60(50)55/h1-39H. The Balaban J connectivity index is 1.12. The molecule has 290 valence electrons. The van der Waals surface area contributed by atoms with Crippen LogP contribution in [0.4, 0.5) is 17.1 Å². The Kier molecular flexibility index (Phi) is 8.53. The zero-order chi connectivity index (χ0) is 41.0. The monoisotopic (exact) mass is 789 g/mol. The number of benzene rings is 11. The highest BCUT2D eigenvalue weighted by molar-refractivity contribution is 6.22. The first kappa shape index (κ1) is 35.7. The van der Waals surface area contributed by atoms with E-state index >= 15 is 0 Å². The van der Waals surface area contributed by atoms with Crippen LogP contribution in [0.2, 0.25) is 0 Å². The number of furan rings is 1. The second kappa shape index (κ2) is 14.8. The summed E-state index contributed by atoms with van der Waals surface area (Å²) >= 11 is 0. The molecular weight excluding hydrogens is 751 g/mol. The predicted octanol–water partition coefficient (Wildman–Crippen LogP) is 17.2. The van der Waals surface area contributed by atoms with E-state index in [0.717, 1.165) is 55.7 Å². The van der Waals surface area contributed by atoms with Crippen molar-refractivity contribution >= 4 is 71.3 Å². The van der Waals surface area contributed by atoms with Gasteiger partial charge in [0.25, 0.3) is 0 Å². The molecule has 1 heterocycles. The van der Waals surface area contributed by atoms with E-state index in [9.17, 15) is 0 Å². The Morgan fingerprint density at radius 1 is 0.274 bits per heavy atom. The maximum Gasteiger partial charge on any atom is 0.143 e. The SMILES string of the molecule is c1ccc(-c2c(-c3ccccc3)c3cc(N(c4cccc(-c5ccc6ccccc6c5)c4)c4cccc(-c5cccc6c5oc5ccccc56)c4)ccc3c3ccccc23)cc1. The minimum atomic E-state index is 0.894. The average Bonchev–Trinajstić information content (AvgIpc) is 3.73. The van der Waals surface area contributed by atoms with Gasteiger partial charge < -0.3 is 9.32 Å². The Morgan fingerprint density at radius 3 is 1.58 bits per heavy atom. The van der Waals surface area contributed by atoms with E-state index in [4.69, 9.17) is 4.42 Å². The van der Waals surface area contributed by atoms with E-state index in [1.165, 1.54) is 60.1 Å². The lowest BCUT2D eigenvalue weighted by molar-refractivity contribution is 0.670. The summed E-state index contributed by atoms with van der Waals surface area (Å²) < 4.78 is 6.58. The Bertz CT molecular complexity index is 3640. The lowest BCUT2D eigenvalue weighted by atomic mass is 9.85. The molecule has 0 aliphatic rings. The van der Waals surface area contributed by atoms with Crippen molar-refractivity contribution < 1.29 is 4.42 Å². The smallest absolute Gasteiger partial charge is 0.143 e. The molecule has 0 saturated carbocycles. The number of rotatable bonds is 7. The summed E-state index contributed by atoms with van der Waals surface area (Å²) in [6, 6.07) is 85.6. The number of hydrogen-bond donors (Lipinski definition) is 0. The van der Waals surface area contributed by atoms with Gasteiger partial charge in [-0.1, -0.05) is 188 Å². The van der Waals surface area contributed by atoms with Gasteiger partial charge in [0.15, 0.2) is 0 Å². The maximum absolute atomic E-state index is 6.58. The van der Waals surface area contributed by atoms with Crippen LogP contribution >= 0.6 is 0 Å². The number of nitrogens with zero attached hydrogens (tertiary/aromatic N) is 1. The van der Waals surface area contributed by atoms with E-state index in [2.05, 4.69) is 235 Å². The fourth-order valence-electron chi connectivity index (χ4n) is 9.56. The van der Waals surface area contributed by atoms with Gasteiger partial charge in [0, 0.05) is 33.4 Å². The van der Waals surface area contributed by atoms with E-state index in [0.29, 0.717) is 0 Å². The predicted molar refractivity (Wildman–Crippen MR) is 263 cm³/mol. The second-order valence-electron chi connectivity index (χ2n) is 16.0. The number of fused-ring (bicyclic) bond motifs is 7. The highest BCUT2D eigenvalue weighted by Gasteiger charge is 2.21. The van der Waals surface area contributed by atoms with Crippen molar-refractivity contribution in [3.05, 3.63) is 237 Å². The fourth-order valence-corrected chi connectivity index (χ4v) is 9.56. The summed E-state index contributed by atoms with van der Waals surface area (Å²) in [5.74, 6) is 0. The van der Waals surface area contributed by atoms with E-state index < -0.39 is 0 Å². The van der Waals surface area contributed by atoms with Crippen LogP contribution in [0.5, 0.6) is 0 Å². The van der Waals surface area contributed by atoms with E-state index in [1.807, 2.05) is 6.07 Å². The van der Waals surface area contributed by atoms with Gasteiger partial charge in [-0.15, -0.1) is 0 Å². The Hall–Kier alpha value is -8.20. The van der Waals surface area contributed by atoms with Gasteiger partial charge in [0.2, 0.25) is 0 Å². The summed E-state index contributed by atoms with van der Waals surface area (Å²) in [7, 11) is 0. The van der Waals surface area contributed by atoms with Gasteiger partial charge in [-0.3, -0.25) is 0 Å². The molecule has 0 aliphatic heterocycles. The van der Waals surface area contributed by atoms with Crippen molar-refractivity contribution in [1.29, 1.82) is 0 Å². The minimum Gasteiger partial charge on any atom is -0.455 e. The average molecular weight is 790 g/mol. The van der Waals surface area contributed by atoms with Crippen molar-refractivity contribution in [2.45, 2.75) is 0 Å². The molecule has 11 aromatic carbocycles. The first-order chi connectivity index (χ1) is 30.7. The highest BCUT2D eigenvalue weighted by atomic mass is 16.3. The molecule has 62 heavy (non-hydrogen) atoms. The molecule has 2 heteroatoms. The first-order valence-electron chi connectivity index (χ1n) is 21.2. The summed E-state index contributed by atoms with van der Waals surface area (Å²) in [5, 5.41) is 9.60. The van der Waals surface area contributed by atoms with Crippen LogP contribution in [-0.4, -0.2) is 0 Å². The minimum absolute atomic E-state index is 0.894. The third kappa shape index (κ3) is 6.04. The van der Waals surface area contributed by atoms with Gasteiger partial charge in [-0.25, -0.2) is 0 Å². The molecule has 0 atom stereocenters. The highest BCUT2D eigenvalue weighted by Crippen LogP contribution is 2.48. The molecule has 2 nitrogen and oxygen atoms in total. The van der Waals surface area contributed by atoms with Gasteiger partial charge in [-0.2, -0.15) is 0 Å². The summed E-state index contributed by atoms with van der Waals surface area (Å²) in [6.45, 7) is 0. The Morgan fingerprint density at radius 2 is 0.806 bits per heavy atom. The molecule has 0 bridgehead atoms. The van der Waals surface area contributed by atoms with Crippen LogP contribution in [0, 0.1) is 0 Å². The molecule has 12 aromatic rings. The molecule has 0 radical (unpaired) electrons. The van der Waals surface area contributed by atoms with Gasteiger partial charge in [-0.05, 0) is 120 Å². The lowest BCUT2D eigenvalue weighted by Crippen LogP contribution is -2.10. The molecule has 12 rings (SSSR count). The molecule has 0 unspecified atom stereocenters. The van der Waals surface area contributed by atoms with Gasteiger partial charge in [0.1, 0.15) is 11.2 Å². The zero-order valence-corrected chi connectivity index (χ0v) is 33.9. The molecule has 0 fully saturated rings. The second-order valence-corrected chi connectivity index (χ2v) is 16.0. The van der Waals surface area contributed by atoms with Gasteiger partial charge >= 0.3 is 0 Å². The Labute approximate surface area is 360 Å². The molecule has 0 N–H and O–H groups in total. The number of para-hydroxylation sites is 2. The van der Waals surface area contributed by atoms with Crippen molar-refractivity contribution in [3.8, 4) is 44.5 Å². The fraction of sp³-hybridized carbons (Fsp3) is 0. The molecule has 0 aliphatic carbocycles. The topological polar surface area (TPSA) is 16.4 Å². The number of hydrogen-bond acceptors (Lipinski definition) is 2. The third-order valence-electron chi connectivity index (χ3n) is 12.4. The van der Waals surface area contributed by atoms with Crippen LogP contribution in [0.25, 0.3) is 98.8 Å². The van der Waals surface area contributed by atoms with Crippen molar-refractivity contribution in [2.24, 2.45) is 0 Å². The van der Waals surface area contributed by atoms with Crippen LogP contribution < -0.4 is 4.90 Å². The molecule has 0 saturated heterocycles. The molecule has 0 amide bonds. The maximum atomic E-state index is 6.58. The molecular formula is C60H39NO. The van der Waals surface area contributed by atoms with Gasteiger partial charge in [0.05, 0.1) is 0 Å². The van der Waals surface area contributed by atoms with Crippen LogP contribution in [0.15, 0.2) is 241 Å². The quantitative estimate of drug-likeness (QED) is 0.150. The molecule has 0 spiro atoms. The normalized spacial score (nSPS) is 11.5. The summed E-state index contributed by atoms with van der Waals surface area (Å²) in [5.41, 5.74) is 14.3. The van der Waals surface area contributed by atoms with Crippen LogP contribution in [-0.2, 0) is 0 Å². The van der Waals surface area contributed by atoms with Crippen molar-refractivity contribution in [1.82, 2.24) is 0 Å². The summed E-state index contributed by atoms with van der Waals surface area (Å²) in [4.78, 5) is 2.42. The lowest BCUT2D eigenvalue weighted by Gasteiger charge is -2.28.